The average molecular weight is 271 g/mol. The molecule has 1 aromatic heterocycles. The highest BCUT2D eigenvalue weighted by Crippen LogP contribution is 2.24. The predicted molar refractivity (Wildman–Crippen MR) is 80.4 cm³/mol. The first-order valence-electron chi connectivity index (χ1n) is 6.98. The summed E-state index contributed by atoms with van der Waals surface area (Å²) in [6.45, 7) is 3.94. The van der Waals surface area contributed by atoms with Crippen LogP contribution in [0.25, 0.3) is 11.4 Å². The summed E-state index contributed by atoms with van der Waals surface area (Å²) >= 11 is 0. The number of phenols is 1. The highest BCUT2D eigenvalue weighted by Gasteiger charge is 2.08. The van der Waals surface area contributed by atoms with Crippen LogP contribution in [0.2, 0.25) is 0 Å². The monoisotopic (exact) mass is 271 g/mol. The number of nitrogens with zero attached hydrogens (tertiary/aromatic N) is 3. The Kier molecular flexibility index (Phi) is 5.07. The fraction of sp³-hybridized carbons (Fsp3) is 0.375. The van der Waals surface area contributed by atoms with Gasteiger partial charge in [-0.1, -0.05) is 13.3 Å². The summed E-state index contributed by atoms with van der Waals surface area (Å²) in [5.41, 5.74) is 1.84. The third-order valence-corrected chi connectivity index (χ3v) is 3.24. The van der Waals surface area contributed by atoms with E-state index in [1.807, 2.05) is 12.1 Å². The summed E-state index contributed by atoms with van der Waals surface area (Å²) in [5.74, 6) is 1.01. The first kappa shape index (κ1) is 14.5. The van der Waals surface area contributed by atoms with Crippen molar-refractivity contribution in [2.75, 3.05) is 13.6 Å². The van der Waals surface area contributed by atoms with Crippen LogP contribution >= 0.6 is 0 Å². The smallest absolute Gasteiger partial charge is 0.159 e. The Bertz CT molecular complexity index is 543. The minimum atomic E-state index is 0.327. The molecule has 0 aliphatic rings. The zero-order chi connectivity index (χ0) is 14.4. The third-order valence-electron chi connectivity index (χ3n) is 3.24. The molecule has 0 aliphatic carbocycles. The molecule has 106 valence electrons. The Morgan fingerprint density at radius 3 is 2.65 bits per heavy atom. The summed E-state index contributed by atoms with van der Waals surface area (Å²) < 4.78 is 0. The number of phenolic OH excluding ortho intramolecular Hbond substituents is 1. The van der Waals surface area contributed by atoms with Crippen LogP contribution in [0.5, 0.6) is 5.75 Å². The van der Waals surface area contributed by atoms with Gasteiger partial charge in [-0.05, 0) is 44.3 Å². The van der Waals surface area contributed by atoms with Crippen LogP contribution in [-0.4, -0.2) is 33.6 Å². The molecule has 0 atom stereocenters. The molecule has 0 unspecified atom stereocenters. The number of hydrogen-bond donors (Lipinski definition) is 1. The Balaban J connectivity index is 2.17. The fourth-order valence-corrected chi connectivity index (χ4v) is 2.10. The molecule has 1 heterocycles. The van der Waals surface area contributed by atoms with Gasteiger partial charge in [0.2, 0.25) is 0 Å². The van der Waals surface area contributed by atoms with E-state index in [9.17, 15) is 5.11 Å². The second kappa shape index (κ2) is 7.01. The summed E-state index contributed by atoms with van der Waals surface area (Å²) in [5, 5.41) is 9.99. The fourth-order valence-electron chi connectivity index (χ4n) is 2.10. The molecule has 0 fully saturated rings. The Morgan fingerprint density at radius 1 is 1.20 bits per heavy atom. The second-order valence-electron chi connectivity index (χ2n) is 5.01. The molecule has 0 bridgehead atoms. The lowest BCUT2D eigenvalue weighted by molar-refractivity contribution is 0.314. The van der Waals surface area contributed by atoms with Crippen molar-refractivity contribution in [2.45, 2.75) is 26.3 Å². The topological polar surface area (TPSA) is 49.2 Å². The first-order valence-corrected chi connectivity index (χ1v) is 6.98. The SMILES string of the molecule is CCCCN(C)Cc1cc(-c2ncccn2)ccc1O. The first-order chi connectivity index (χ1) is 9.70. The van der Waals surface area contributed by atoms with Crippen LogP contribution in [0, 0.1) is 0 Å². The van der Waals surface area contributed by atoms with E-state index in [2.05, 4.69) is 28.8 Å². The summed E-state index contributed by atoms with van der Waals surface area (Å²) in [6, 6.07) is 7.32. The normalized spacial score (nSPS) is 10.9. The molecule has 0 radical (unpaired) electrons. The molecular formula is C16H21N3O. The van der Waals surface area contributed by atoms with Gasteiger partial charge in [0.25, 0.3) is 0 Å². The molecule has 20 heavy (non-hydrogen) atoms. The quantitative estimate of drug-likeness (QED) is 0.877. The summed E-state index contributed by atoms with van der Waals surface area (Å²) in [7, 11) is 2.07. The van der Waals surface area contributed by atoms with Crippen LogP contribution in [0.1, 0.15) is 25.3 Å². The lowest BCUT2D eigenvalue weighted by Crippen LogP contribution is -2.19. The van der Waals surface area contributed by atoms with Crippen LogP contribution in [0.3, 0.4) is 0 Å². The van der Waals surface area contributed by atoms with E-state index >= 15 is 0 Å². The molecule has 1 aromatic carbocycles. The molecule has 0 aliphatic heterocycles. The molecule has 0 saturated carbocycles. The minimum Gasteiger partial charge on any atom is -0.508 e. The molecule has 0 amide bonds. The number of aromatic hydroxyl groups is 1. The molecule has 0 saturated heterocycles. The molecular weight excluding hydrogens is 250 g/mol. The molecule has 4 heteroatoms. The molecule has 0 spiro atoms. The number of aromatic nitrogens is 2. The Hall–Kier alpha value is -1.94. The van der Waals surface area contributed by atoms with Crippen LogP contribution in [0.4, 0.5) is 0 Å². The number of benzene rings is 1. The molecule has 2 aromatic rings. The van der Waals surface area contributed by atoms with Gasteiger partial charge in [-0.25, -0.2) is 9.97 Å². The van der Waals surface area contributed by atoms with Gasteiger partial charge in [0.15, 0.2) is 5.82 Å². The summed E-state index contributed by atoms with van der Waals surface area (Å²) in [6.07, 6.45) is 5.79. The maximum absolute atomic E-state index is 9.99. The van der Waals surface area contributed by atoms with Crippen molar-refractivity contribution in [3.63, 3.8) is 0 Å². The standard InChI is InChI=1S/C16H21N3O/c1-3-4-10-19(2)12-14-11-13(6-7-15(14)20)16-17-8-5-9-18-16/h5-9,11,20H,3-4,10,12H2,1-2H3. The number of unbranched alkanes of at least 4 members (excludes halogenated alkanes) is 1. The van der Waals surface area contributed by atoms with E-state index in [4.69, 9.17) is 0 Å². The Labute approximate surface area is 120 Å². The molecule has 2 rings (SSSR count). The highest BCUT2D eigenvalue weighted by molar-refractivity contribution is 5.58. The predicted octanol–water partition coefficient (Wildman–Crippen LogP) is 3.08. The zero-order valence-corrected chi connectivity index (χ0v) is 12.1. The van der Waals surface area contributed by atoms with Gasteiger partial charge in [-0.15, -0.1) is 0 Å². The van der Waals surface area contributed by atoms with Gasteiger partial charge in [0.1, 0.15) is 5.75 Å². The van der Waals surface area contributed by atoms with E-state index < -0.39 is 0 Å². The summed E-state index contributed by atoms with van der Waals surface area (Å²) in [4.78, 5) is 10.7. The van der Waals surface area contributed by atoms with E-state index in [1.165, 1.54) is 12.8 Å². The van der Waals surface area contributed by atoms with Crippen molar-refractivity contribution >= 4 is 0 Å². The zero-order valence-electron chi connectivity index (χ0n) is 12.1. The van der Waals surface area contributed by atoms with Crippen molar-refractivity contribution in [1.82, 2.24) is 14.9 Å². The molecule has 1 N–H and O–H groups in total. The van der Waals surface area contributed by atoms with Crippen LogP contribution in [-0.2, 0) is 6.54 Å². The third kappa shape index (κ3) is 3.78. The number of rotatable bonds is 6. The molecule has 4 nitrogen and oxygen atoms in total. The van der Waals surface area contributed by atoms with Gasteiger partial charge >= 0.3 is 0 Å². The van der Waals surface area contributed by atoms with E-state index in [-0.39, 0.29) is 0 Å². The van der Waals surface area contributed by atoms with Crippen molar-refractivity contribution in [2.24, 2.45) is 0 Å². The maximum Gasteiger partial charge on any atom is 0.159 e. The van der Waals surface area contributed by atoms with E-state index in [1.54, 1.807) is 24.5 Å². The lowest BCUT2D eigenvalue weighted by Gasteiger charge is -2.17. The van der Waals surface area contributed by atoms with Crippen LogP contribution in [0.15, 0.2) is 36.7 Å². The van der Waals surface area contributed by atoms with Crippen LogP contribution < -0.4 is 0 Å². The van der Waals surface area contributed by atoms with Gasteiger partial charge in [0, 0.05) is 30.1 Å². The van der Waals surface area contributed by atoms with Crippen molar-refractivity contribution < 1.29 is 5.11 Å². The van der Waals surface area contributed by atoms with E-state index in [0.717, 1.165) is 24.2 Å². The van der Waals surface area contributed by atoms with Crippen molar-refractivity contribution in [1.29, 1.82) is 0 Å². The Morgan fingerprint density at radius 2 is 1.95 bits per heavy atom. The van der Waals surface area contributed by atoms with Gasteiger partial charge in [-0.3, -0.25) is 0 Å². The van der Waals surface area contributed by atoms with Gasteiger partial charge in [0.05, 0.1) is 0 Å². The van der Waals surface area contributed by atoms with Crippen molar-refractivity contribution in [3.8, 4) is 17.1 Å². The largest absolute Gasteiger partial charge is 0.508 e. The highest BCUT2D eigenvalue weighted by atomic mass is 16.3. The number of hydrogen-bond acceptors (Lipinski definition) is 4. The average Bonchev–Trinajstić information content (AvgIpc) is 2.48. The maximum atomic E-state index is 9.99. The van der Waals surface area contributed by atoms with E-state index in [0.29, 0.717) is 11.6 Å². The van der Waals surface area contributed by atoms with Crippen molar-refractivity contribution in [3.05, 3.63) is 42.2 Å². The minimum absolute atomic E-state index is 0.327. The lowest BCUT2D eigenvalue weighted by atomic mass is 10.1. The van der Waals surface area contributed by atoms with Gasteiger partial charge in [-0.2, -0.15) is 0 Å². The van der Waals surface area contributed by atoms with Gasteiger partial charge < -0.3 is 10.0 Å². The second-order valence-corrected chi connectivity index (χ2v) is 5.01.